The largest absolute Gasteiger partial charge is 0.479 e. The molecule has 0 bridgehead atoms. The number of rotatable bonds is 4. The van der Waals surface area contributed by atoms with E-state index in [1.54, 1.807) is 13.2 Å². The van der Waals surface area contributed by atoms with E-state index in [0.717, 1.165) is 17.3 Å². The van der Waals surface area contributed by atoms with E-state index in [-0.39, 0.29) is 0 Å². The first kappa shape index (κ1) is 12.3. The van der Waals surface area contributed by atoms with E-state index >= 15 is 0 Å². The predicted molar refractivity (Wildman–Crippen MR) is 70.8 cm³/mol. The molecule has 0 aliphatic rings. The Kier molecular flexibility index (Phi) is 3.41. The fourth-order valence-corrected chi connectivity index (χ4v) is 1.70. The quantitative estimate of drug-likeness (QED) is 0.897. The second-order valence-corrected chi connectivity index (χ2v) is 4.14. The normalized spacial score (nSPS) is 10.4. The summed E-state index contributed by atoms with van der Waals surface area (Å²) in [5.74, 6) is 3.03. The van der Waals surface area contributed by atoms with Gasteiger partial charge in [0.05, 0.1) is 19.3 Å². The maximum absolute atomic E-state index is 5.73. The van der Waals surface area contributed by atoms with Gasteiger partial charge in [-0.15, -0.1) is 0 Å². The van der Waals surface area contributed by atoms with E-state index in [2.05, 4.69) is 4.98 Å². The summed E-state index contributed by atoms with van der Waals surface area (Å²) >= 11 is 0. The topological polar surface area (TPSA) is 64.5 Å². The Morgan fingerprint density at radius 3 is 2.72 bits per heavy atom. The minimum Gasteiger partial charge on any atom is -0.479 e. The molecule has 2 N–H and O–H groups in total. The van der Waals surface area contributed by atoms with Gasteiger partial charge < -0.3 is 19.8 Å². The minimum atomic E-state index is 0.440. The molecule has 0 unspecified atom stereocenters. The number of pyridine rings is 1. The number of nitrogens with zero attached hydrogens (tertiary/aromatic N) is 2. The number of hydrogen-bond donors (Lipinski definition) is 1. The van der Waals surface area contributed by atoms with Crippen molar-refractivity contribution in [1.29, 1.82) is 0 Å². The molecule has 0 atom stereocenters. The summed E-state index contributed by atoms with van der Waals surface area (Å²) in [7, 11) is 3.49. The van der Waals surface area contributed by atoms with Gasteiger partial charge in [0.15, 0.2) is 0 Å². The molecule has 0 saturated carbocycles. The van der Waals surface area contributed by atoms with Crippen LogP contribution >= 0.6 is 0 Å². The molecule has 0 spiro atoms. The smallest absolute Gasteiger partial charge is 0.238 e. The SMILES string of the molecule is COc1nc(N(C)Cc2ccc(C)o2)ccc1N. The van der Waals surface area contributed by atoms with E-state index in [1.807, 2.05) is 37.1 Å². The van der Waals surface area contributed by atoms with E-state index in [9.17, 15) is 0 Å². The average molecular weight is 247 g/mol. The van der Waals surface area contributed by atoms with Crippen LogP contribution in [0.3, 0.4) is 0 Å². The molecule has 5 nitrogen and oxygen atoms in total. The number of nitrogens with two attached hydrogens (primary N) is 1. The molecule has 0 aliphatic heterocycles. The molecule has 0 amide bonds. The van der Waals surface area contributed by atoms with Gasteiger partial charge in [-0.05, 0) is 31.2 Å². The summed E-state index contributed by atoms with van der Waals surface area (Å²) in [4.78, 5) is 6.30. The fourth-order valence-electron chi connectivity index (χ4n) is 1.70. The molecular formula is C13H17N3O2. The van der Waals surface area contributed by atoms with E-state index in [0.29, 0.717) is 18.1 Å². The maximum atomic E-state index is 5.73. The summed E-state index contributed by atoms with van der Waals surface area (Å²) in [6.07, 6.45) is 0. The Morgan fingerprint density at radius 2 is 2.11 bits per heavy atom. The van der Waals surface area contributed by atoms with Crippen molar-refractivity contribution in [2.24, 2.45) is 0 Å². The standard InChI is InChI=1S/C13H17N3O2/c1-9-4-5-10(18-9)8-16(2)12-7-6-11(14)13(15-12)17-3/h4-7H,8,14H2,1-3H3. The first-order valence-corrected chi connectivity index (χ1v) is 5.67. The van der Waals surface area contributed by atoms with Crippen molar-refractivity contribution in [2.45, 2.75) is 13.5 Å². The van der Waals surface area contributed by atoms with E-state index in [1.165, 1.54) is 0 Å². The predicted octanol–water partition coefficient (Wildman–Crippen LogP) is 2.21. The van der Waals surface area contributed by atoms with Crippen molar-refractivity contribution in [3.63, 3.8) is 0 Å². The Balaban J connectivity index is 2.15. The summed E-state index contributed by atoms with van der Waals surface area (Å²) in [5, 5.41) is 0. The highest BCUT2D eigenvalue weighted by Crippen LogP contribution is 2.23. The van der Waals surface area contributed by atoms with Gasteiger partial charge in [-0.3, -0.25) is 0 Å². The molecule has 0 saturated heterocycles. The van der Waals surface area contributed by atoms with Gasteiger partial charge in [0.2, 0.25) is 5.88 Å². The lowest BCUT2D eigenvalue weighted by atomic mass is 10.3. The lowest BCUT2D eigenvalue weighted by Gasteiger charge is -2.17. The van der Waals surface area contributed by atoms with Gasteiger partial charge in [0.1, 0.15) is 17.3 Å². The zero-order valence-electron chi connectivity index (χ0n) is 10.8. The molecule has 2 heterocycles. The van der Waals surface area contributed by atoms with Crippen LogP contribution in [0, 0.1) is 6.92 Å². The maximum Gasteiger partial charge on any atom is 0.238 e. The number of methoxy groups -OCH3 is 1. The van der Waals surface area contributed by atoms with Gasteiger partial charge in [-0.2, -0.15) is 4.98 Å². The minimum absolute atomic E-state index is 0.440. The van der Waals surface area contributed by atoms with Crippen LogP contribution in [0.1, 0.15) is 11.5 Å². The van der Waals surface area contributed by atoms with Gasteiger partial charge in [0.25, 0.3) is 0 Å². The number of furan rings is 1. The van der Waals surface area contributed by atoms with Gasteiger partial charge in [-0.25, -0.2) is 0 Å². The lowest BCUT2D eigenvalue weighted by Crippen LogP contribution is -2.17. The molecule has 0 aliphatic carbocycles. The Labute approximate surface area is 106 Å². The van der Waals surface area contributed by atoms with Crippen molar-refractivity contribution in [3.8, 4) is 5.88 Å². The molecule has 2 aromatic rings. The molecule has 96 valence electrons. The molecule has 18 heavy (non-hydrogen) atoms. The third kappa shape index (κ3) is 2.56. The molecule has 5 heteroatoms. The van der Waals surface area contributed by atoms with E-state index in [4.69, 9.17) is 14.9 Å². The van der Waals surface area contributed by atoms with Gasteiger partial charge in [-0.1, -0.05) is 0 Å². The number of anilines is 2. The zero-order valence-corrected chi connectivity index (χ0v) is 10.8. The van der Waals surface area contributed by atoms with Crippen LogP contribution in [0.4, 0.5) is 11.5 Å². The van der Waals surface area contributed by atoms with Crippen LogP contribution in [0.15, 0.2) is 28.7 Å². The van der Waals surface area contributed by atoms with Crippen LogP contribution in [-0.2, 0) is 6.54 Å². The first-order chi connectivity index (χ1) is 8.60. The molecule has 0 radical (unpaired) electrons. The Hall–Kier alpha value is -2.17. The number of aromatic nitrogens is 1. The second kappa shape index (κ2) is 5.00. The lowest BCUT2D eigenvalue weighted by molar-refractivity contribution is 0.400. The van der Waals surface area contributed by atoms with Crippen molar-refractivity contribution >= 4 is 11.5 Å². The number of hydrogen-bond acceptors (Lipinski definition) is 5. The molecule has 2 rings (SSSR count). The fraction of sp³-hybridized carbons (Fsp3) is 0.308. The number of aryl methyl sites for hydroxylation is 1. The van der Waals surface area contributed by atoms with Crippen LogP contribution < -0.4 is 15.4 Å². The zero-order chi connectivity index (χ0) is 13.1. The summed E-state index contributed by atoms with van der Waals surface area (Å²) in [6.45, 7) is 2.57. The highest BCUT2D eigenvalue weighted by molar-refractivity contribution is 5.54. The van der Waals surface area contributed by atoms with Crippen LogP contribution in [-0.4, -0.2) is 19.1 Å². The summed E-state index contributed by atoms with van der Waals surface area (Å²) in [5.41, 5.74) is 6.26. The van der Waals surface area contributed by atoms with Crippen LogP contribution in [0.5, 0.6) is 5.88 Å². The van der Waals surface area contributed by atoms with Crippen molar-refractivity contribution < 1.29 is 9.15 Å². The van der Waals surface area contributed by atoms with Crippen molar-refractivity contribution in [2.75, 3.05) is 24.8 Å². The molecular weight excluding hydrogens is 230 g/mol. The van der Waals surface area contributed by atoms with Gasteiger partial charge >= 0.3 is 0 Å². The Morgan fingerprint density at radius 1 is 1.33 bits per heavy atom. The summed E-state index contributed by atoms with van der Waals surface area (Å²) in [6, 6.07) is 7.54. The number of ether oxygens (including phenoxy) is 1. The molecule has 2 aromatic heterocycles. The van der Waals surface area contributed by atoms with E-state index < -0.39 is 0 Å². The van der Waals surface area contributed by atoms with Crippen LogP contribution in [0.25, 0.3) is 0 Å². The Bertz CT molecular complexity index is 537. The first-order valence-electron chi connectivity index (χ1n) is 5.67. The monoisotopic (exact) mass is 247 g/mol. The van der Waals surface area contributed by atoms with Gasteiger partial charge in [0, 0.05) is 7.05 Å². The second-order valence-electron chi connectivity index (χ2n) is 4.14. The third-order valence-electron chi connectivity index (χ3n) is 2.65. The van der Waals surface area contributed by atoms with Crippen molar-refractivity contribution in [3.05, 3.63) is 35.8 Å². The highest BCUT2D eigenvalue weighted by Gasteiger charge is 2.09. The number of nitrogen functional groups attached to an aromatic ring is 1. The molecule has 0 aromatic carbocycles. The van der Waals surface area contributed by atoms with Crippen molar-refractivity contribution in [1.82, 2.24) is 4.98 Å². The third-order valence-corrected chi connectivity index (χ3v) is 2.65. The molecule has 0 fully saturated rings. The highest BCUT2D eigenvalue weighted by atomic mass is 16.5. The summed E-state index contributed by atoms with van der Waals surface area (Å²) < 4.78 is 10.6. The van der Waals surface area contributed by atoms with Crippen LogP contribution in [0.2, 0.25) is 0 Å². The average Bonchev–Trinajstić information content (AvgIpc) is 2.75.